The Morgan fingerprint density at radius 2 is 2.04 bits per heavy atom. The lowest BCUT2D eigenvalue weighted by atomic mass is 9.90. The van der Waals surface area contributed by atoms with Gasteiger partial charge in [-0.25, -0.2) is 9.79 Å². The van der Waals surface area contributed by atoms with Crippen molar-refractivity contribution in [1.82, 2.24) is 4.90 Å². The Labute approximate surface area is 162 Å². The Balaban J connectivity index is 1.96. The summed E-state index contributed by atoms with van der Waals surface area (Å²) in [5, 5.41) is 2.75. The van der Waals surface area contributed by atoms with E-state index in [2.05, 4.69) is 4.99 Å². The first kappa shape index (κ1) is 17.8. The fraction of sp³-hybridized carbons (Fsp3) is 0.286. The van der Waals surface area contributed by atoms with Crippen molar-refractivity contribution in [2.75, 3.05) is 12.4 Å². The Morgan fingerprint density at radius 3 is 2.85 bits per heavy atom. The normalized spacial score (nSPS) is 19.8. The van der Waals surface area contributed by atoms with Crippen LogP contribution in [0.2, 0.25) is 0 Å². The van der Waals surface area contributed by atoms with Crippen LogP contribution >= 0.6 is 11.8 Å². The predicted octanol–water partition coefficient (Wildman–Crippen LogP) is 4.05. The monoisotopic (exact) mass is 380 g/mol. The molecule has 5 nitrogen and oxygen atoms in total. The molecular weight excluding hydrogens is 360 g/mol. The number of allylic oxidation sites excluding steroid dienone is 1. The maximum atomic E-state index is 12.8. The molecule has 2 aromatic rings. The molecule has 2 aliphatic heterocycles. The minimum Gasteiger partial charge on any atom is -0.463 e. The number of aliphatic imine (C=N–C) groups is 1. The highest BCUT2D eigenvalue weighted by Crippen LogP contribution is 2.42. The van der Waals surface area contributed by atoms with Crippen LogP contribution < -0.4 is 0 Å². The predicted molar refractivity (Wildman–Crippen MR) is 107 cm³/mol. The first-order valence-electron chi connectivity index (χ1n) is 9.01. The number of benzene rings is 2. The zero-order chi connectivity index (χ0) is 19.0. The zero-order valence-electron chi connectivity index (χ0n) is 15.3. The minimum atomic E-state index is -0.525. The molecule has 2 heterocycles. The summed E-state index contributed by atoms with van der Waals surface area (Å²) in [5.41, 5.74) is 1.96. The van der Waals surface area contributed by atoms with Gasteiger partial charge in [0.05, 0.1) is 23.9 Å². The van der Waals surface area contributed by atoms with Crippen molar-refractivity contribution in [3.63, 3.8) is 0 Å². The summed E-state index contributed by atoms with van der Waals surface area (Å²) in [5.74, 6) is 0.275. The molecule has 0 aliphatic carbocycles. The number of thioether (sulfide) groups is 1. The van der Waals surface area contributed by atoms with Crippen molar-refractivity contribution in [2.24, 2.45) is 4.99 Å². The number of carbonyl (C=O) groups excluding carboxylic acids is 2. The first-order chi connectivity index (χ1) is 13.1. The van der Waals surface area contributed by atoms with Crippen LogP contribution in [0.15, 0.2) is 58.7 Å². The van der Waals surface area contributed by atoms with Crippen LogP contribution in [0.25, 0.3) is 10.8 Å². The van der Waals surface area contributed by atoms with Gasteiger partial charge in [0.2, 0.25) is 5.91 Å². The number of rotatable bonds is 3. The summed E-state index contributed by atoms with van der Waals surface area (Å²) >= 11 is 1.55. The van der Waals surface area contributed by atoms with Crippen molar-refractivity contribution >= 4 is 39.6 Å². The summed E-state index contributed by atoms with van der Waals surface area (Å²) in [4.78, 5) is 31.9. The average Bonchev–Trinajstić information content (AvgIpc) is 2.67. The lowest BCUT2D eigenvalue weighted by molar-refractivity contribution is -0.139. The number of fused-ring (bicyclic) bond motifs is 2. The second-order valence-corrected chi connectivity index (χ2v) is 7.51. The highest BCUT2D eigenvalue weighted by Gasteiger charge is 2.42. The maximum absolute atomic E-state index is 12.8. The van der Waals surface area contributed by atoms with Gasteiger partial charge in [0.15, 0.2) is 5.17 Å². The number of nitrogens with zero attached hydrogens (tertiary/aromatic N) is 2. The maximum Gasteiger partial charge on any atom is 0.338 e. The molecule has 1 saturated heterocycles. The molecular formula is C21H20N2O3S. The molecule has 2 aromatic carbocycles. The summed E-state index contributed by atoms with van der Waals surface area (Å²) < 4.78 is 5.32. The Kier molecular flexibility index (Phi) is 4.74. The Bertz CT molecular complexity index is 991. The molecule has 138 valence electrons. The van der Waals surface area contributed by atoms with E-state index in [0.29, 0.717) is 28.6 Å². The van der Waals surface area contributed by atoms with E-state index in [1.807, 2.05) is 49.4 Å². The van der Waals surface area contributed by atoms with Crippen LogP contribution in [0, 0.1) is 0 Å². The number of ether oxygens (including phenoxy) is 1. The number of amidine groups is 1. The van der Waals surface area contributed by atoms with Gasteiger partial charge in [-0.15, -0.1) is 0 Å². The summed E-state index contributed by atoms with van der Waals surface area (Å²) in [7, 11) is 0. The number of hydrogen-bond donors (Lipinski definition) is 0. The molecule has 0 spiro atoms. The van der Waals surface area contributed by atoms with Gasteiger partial charge >= 0.3 is 5.97 Å². The number of carbonyl (C=O) groups is 2. The third kappa shape index (κ3) is 3.04. The van der Waals surface area contributed by atoms with E-state index < -0.39 is 12.0 Å². The van der Waals surface area contributed by atoms with E-state index in [1.165, 1.54) is 0 Å². The molecule has 2 aliphatic rings. The van der Waals surface area contributed by atoms with Crippen LogP contribution in [0.4, 0.5) is 0 Å². The molecule has 1 atom stereocenters. The van der Waals surface area contributed by atoms with Gasteiger partial charge in [0.1, 0.15) is 0 Å². The van der Waals surface area contributed by atoms with Crippen LogP contribution in [0.1, 0.15) is 31.9 Å². The second-order valence-electron chi connectivity index (χ2n) is 6.45. The third-order valence-corrected chi connectivity index (χ3v) is 5.77. The molecule has 0 saturated carbocycles. The van der Waals surface area contributed by atoms with Crippen molar-refractivity contribution in [1.29, 1.82) is 0 Å². The second kappa shape index (κ2) is 7.19. The fourth-order valence-electron chi connectivity index (χ4n) is 3.65. The quantitative estimate of drug-likeness (QED) is 0.754. The molecule has 1 fully saturated rings. The van der Waals surface area contributed by atoms with Gasteiger partial charge in [0, 0.05) is 12.2 Å². The summed E-state index contributed by atoms with van der Waals surface area (Å²) in [6.45, 7) is 3.87. The molecule has 0 radical (unpaired) electrons. The fourth-order valence-corrected chi connectivity index (χ4v) is 4.66. The highest BCUT2D eigenvalue weighted by molar-refractivity contribution is 8.14. The zero-order valence-corrected chi connectivity index (χ0v) is 16.1. The van der Waals surface area contributed by atoms with E-state index in [1.54, 1.807) is 23.6 Å². The van der Waals surface area contributed by atoms with Crippen LogP contribution in [0.3, 0.4) is 0 Å². The highest BCUT2D eigenvalue weighted by atomic mass is 32.2. The van der Waals surface area contributed by atoms with Crippen molar-refractivity contribution < 1.29 is 14.3 Å². The molecule has 0 bridgehead atoms. The van der Waals surface area contributed by atoms with Crippen LogP contribution in [0.5, 0.6) is 0 Å². The average molecular weight is 380 g/mol. The van der Waals surface area contributed by atoms with Crippen molar-refractivity contribution in [3.8, 4) is 0 Å². The Hall–Kier alpha value is -2.60. The first-order valence-corrected chi connectivity index (χ1v) is 9.99. The van der Waals surface area contributed by atoms with Gasteiger partial charge in [-0.2, -0.15) is 0 Å². The van der Waals surface area contributed by atoms with Crippen molar-refractivity contribution in [2.45, 2.75) is 26.3 Å². The third-order valence-electron chi connectivity index (χ3n) is 4.82. The summed E-state index contributed by atoms with van der Waals surface area (Å²) in [6.07, 6.45) is 0.431. The number of hydrogen-bond acceptors (Lipinski definition) is 5. The van der Waals surface area contributed by atoms with Gasteiger partial charge in [0.25, 0.3) is 0 Å². The minimum absolute atomic E-state index is 0.0141. The summed E-state index contributed by atoms with van der Waals surface area (Å²) in [6, 6.07) is 13.5. The van der Waals surface area contributed by atoms with Gasteiger partial charge in [-0.1, -0.05) is 54.2 Å². The molecule has 0 aromatic heterocycles. The smallest absolute Gasteiger partial charge is 0.338 e. The molecule has 27 heavy (non-hydrogen) atoms. The Morgan fingerprint density at radius 1 is 1.26 bits per heavy atom. The molecule has 0 unspecified atom stereocenters. The van der Waals surface area contributed by atoms with Crippen LogP contribution in [-0.2, 0) is 14.3 Å². The van der Waals surface area contributed by atoms with Gasteiger partial charge in [-0.3, -0.25) is 9.69 Å². The largest absolute Gasteiger partial charge is 0.463 e. The standard InChI is InChI=1S/C21H20N2O3S/c1-3-26-20(25)18-13(2)22-21-23(17(24)11-12-27-21)19(18)16-10-6-8-14-7-4-5-9-15(14)16/h4-10,19H,3,11-12H2,1-2H3/t19-/m1/s1. The number of esters is 1. The molecule has 0 N–H and O–H groups in total. The van der Waals surface area contributed by atoms with E-state index in [9.17, 15) is 9.59 Å². The van der Waals surface area contributed by atoms with Gasteiger partial charge in [-0.05, 0) is 30.2 Å². The van der Waals surface area contributed by atoms with Gasteiger partial charge < -0.3 is 4.74 Å². The van der Waals surface area contributed by atoms with E-state index in [-0.39, 0.29) is 12.5 Å². The van der Waals surface area contributed by atoms with E-state index in [4.69, 9.17) is 4.74 Å². The molecule has 6 heteroatoms. The van der Waals surface area contributed by atoms with E-state index >= 15 is 0 Å². The SMILES string of the molecule is CCOC(=O)C1=C(C)N=C2SCCC(=O)N2[C@@H]1c1cccc2ccccc12. The molecule has 4 rings (SSSR count). The van der Waals surface area contributed by atoms with Crippen LogP contribution in [-0.4, -0.2) is 34.3 Å². The number of amides is 1. The lowest BCUT2D eigenvalue weighted by Gasteiger charge is -2.39. The lowest BCUT2D eigenvalue weighted by Crippen LogP contribution is -2.45. The van der Waals surface area contributed by atoms with E-state index in [0.717, 1.165) is 16.3 Å². The molecule has 1 amide bonds. The topological polar surface area (TPSA) is 59.0 Å². The van der Waals surface area contributed by atoms with Crippen molar-refractivity contribution in [3.05, 3.63) is 59.3 Å².